The van der Waals surface area contributed by atoms with E-state index in [2.05, 4.69) is 9.71 Å². The summed E-state index contributed by atoms with van der Waals surface area (Å²) < 4.78 is 16.8. The molecule has 2 aromatic heterocycles. The van der Waals surface area contributed by atoms with Crippen molar-refractivity contribution in [2.75, 3.05) is 0 Å². The minimum atomic E-state index is -1.27. The Morgan fingerprint density at radius 2 is 1.82 bits per heavy atom. The highest BCUT2D eigenvalue weighted by atomic mass is 32.2. The first-order chi connectivity index (χ1) is 13.1. The van der Waals surface area contributed by atoms with Gasteiger partial charge in [-0.3, -0.25) is 14.3 Å². The summed E-state index contributed by atoms with van der Waals surface area (Å²) in [6.45, 7) is 9.47. The Labute approximate surface area is 168 Å². The summed E-state index contributed by atoms with van der Waals surface area (Å²) >= 11 is -1.27. The molecule has 0 aliphatic rings. The third-order valence-corrected chi connectivity index (χ3v) is 6.18. The third kappa shape index (κ3) is 3.97. The van der Waals surface area contributed by atoms with Gasteiger partial charge >= 0.3 is 0 Å². The largest absolute Gasteiger partial charge is 0.598 e. The van der Waals surface area contributed by atoms with E-state index in [4.69, 9.17) is 4.98 Å². The molecular weight excluding hydrogens is 372 g/mol. The molecular formula is C21H26N4O2S. The van der Waals surface area contributed by atoms with Gasteiger partial charge in [-0.05, 0) is 40.7 Å². The van der Waals surface area contributed by atoms with Crippen LogP contribution in [-0.2, 0) is 18.4 Å². The number of pyridine rings is 1. The molecule has 0 bridgehead atoms. The zero-order valence-electron chi connectivity index (χ0n) is 17.1. The molecule has 0 spiro atoms. The standard InChI is InChI=1S/C21H26N4O2S/c1-13-12-16-18(17(22-13)14(2)24-28(27)21(3,4)5)23-19(25(6)20(16)26)15-10-8-7-9-11-15/h7-12,14,24H,1-6H3/t14?,28-/m1/s1. The monoisotopic (exact) mass is 398 g/mol. The van der Waals surface area contributed by atoms with E-state index in [1.807, 2.05) is 65.0 Å². The maximum atomic E-state index is 13.0. The fourth-order valence-corrected chi connectivity index (χ4v) is 3.76. The highest BCUT2D eigenvalue weighted by Crippen LogP contribution is 2.25. The van der Waals surface area contributed by atoms with Crippen molar-refractivity contribution < 1.29 is 4.55 Å². The van der Waals surface area contributed by atoms with Gasteiger partial charge in [0.25, 0.3) is 5.56 Å². The third-order valence-electron chi connectivity index (χ3n) is 4.50. The summed E-state index contributed by atoms with van der Waals surface area (Å²) in [5, 5.41) is 0.514. The number of benzene rings is 1. The van der Waals surface area contributed by atoms with Crippen LogP contribution in [0.5, 0.6) is 0 Å². The van der Waals surface area contributed by atoms with E-state index < -0.39 is 16.1 Å². The smallest absolute Gasteiger partial charge is 0.261 e. The van der Waals surface area contributed by atoms with Crippen molar-refractivity contribution in [3.05, 3.63) is 58.1 Å². The van der Waals surface area contributed by atoms with Gasteiger partial charge in [0.1, 0.15) is 16.1 Å². The summed E-state index contributed by atoms with van der Waals surface area (Å²) in [6, 6.07) is 11.0. The predicted molar refractivity (Wildman–Crippen MR) is 114 cm³/mol. The van der Waals surface area contributed by atoms with E-state index in [9.17, 15) is 9.35 Å². The predicted octanol–water partition coefficient (Wildman–Crippen LogP) is 3.42. The molecule has 0 fully saturated rings. The van der Waals surface area contributed by atoms with Crippen LogP contribution >= 0.6 is 0 Å². The van der Waals surface area contributed by atoms with Crippen LogP contribution in [-0.4, -0.2) is 23.8 Å². The lowest BCUT2D eigenvalue weighted by Crippen LogP contribution is -2.40. The number of nitrogens with one attached hydrogen (secondary N) is 1. The van der Waals surface area contributed by atoms with Crippen LogP contribution in [0.25, 0.3) is 22.3 Å². The first kappa shape index (κ1) is 20.5. The van der Waals surface area contributed by atoms with Gasteiger partial charge in [-0.2, -0.15) is 0 Å². The molecule has 3 aromatic rings. The normalized spacial score (nSPS) is 14.2. The van der Waals surface area contributed by atoms with Crippen LogP contribution in [0.2, 0.25) is 0 Å². The molecule has 0 saturated heterocycles. The van der Waals surface area contributed by atoms with Gasteiger partial charge in [0.05, 0.1) is 17.1 Å². The molecule has 1 unspecified atom stereocenters. The van der Waals surface area contributed by atoms with Crippen molar-refractivity contribution in [1.29, 1.82) is 0 Å². The van der Waals surface area contributed by atoms with Gasteiger partial charge in [0, 0.05) is 29.7 Å². The van der Waals surface area contributed by atoms with Gasteiger partial charge in [-0.15, -0.1) is 4.72 Å². The molecule has 0 aliphatic carbocycles. The maximum absolute atomic E-state index is 13.0. The van der Waals surface area contributed by atoms with E-state index in [-0.39, 0.29) is 11.6 Å². The SMILES string of the molecule is Cc1cc2c(=O)n(C)c(-c3ccccc3)nc2c(C(C)N[S@+]([O-])C(C)(C)C)n1. The van der Waals surface area contributed by atoms with Crippen LogP contribution in [0.4, 0.5) is 0 Å². The fourth-order valence-electron chi connectivity index (χ4n) is 2.97. The number of aryl methyl sites for hydroxylation is 1. The molecule has 0 amide bonds. The van der Waals surface area contributed by atoms with E-state index in [0.29, 0.717) is 22.4 Å². The quantitative estimate of drug-likeness (QED) is 0.681. The summed E-state index contributed by atoms with van der Waals surface area (Å²) in [6.07, 6.45) is 0. The van der Waals surface area contributed by atoms with Crippen LogP contribution < -0.4 is 10.3 Å². The van der Waals surface area contributed by atoms with Crippen LogP contribution in [0.3, 0.4) is 0 Å². The molecule has 0 aliphatic heterocycles. The molecule has 1 N–H and O–H groups in total. The average Bonchev–Trinajstić information content (AvgIpc) is 2.64. The number of rotatable bonds is 4. The van der Waals surface area contributed by atoms with Crippen molar-refractivity contribution in [2.45, 2.75) is 45.4 Å². The fraction of sp³-hybridized carbons (Fsp3) is 0.381. The Kier molecular flexibility index (Phi) is 5.61. The average molecular weight is 399 g/mol. The lowest BCUT2D eigenvalue weighted by molar-refractivity contribution is 0.529. The van der Waals surface area contributed by atoms with Crippen molar-refractivity contribution in [3.8, 4) is 11.4 Å². The Hall–Kier alpha value is -2.22. The number of hydrogen-bond donors (Lipinski definition) is 1. The van der Waals surface area contributed by atoms with Crippen LogP contribution in [0, 0.1) is 6.92 Å². The molecule has 1 aromatic carbocycles. The minimum absolute atomic E-state index is 0.125. The topological polar surface area (TPSA) is 82.9 Å². The molecule has 6 nitrogen and oxygen atoms in total. The summed E-state index contributed by atoms with van der Waals surface area (Å²) in [5.74, 6) is 0.578. The first-order valence-electron chi connectivity index (χ1n) is 9.21. The number of aromatic nitrogens is 3. The first-order valence-corrected chi connectivity index (χ1v) is 10.4. The molecule has 0 radical (unpaired) electrons. The highest BCUT2D eigenvalue weighted by molar-refractivity contribution is 7.90. The van der Waals surface area contributed by atoms with Gasteiger partial charge < -0.3 is 4.55 Å². The van der Waals surface area contributed by atoms with Crippen molar-refractivity contribution >= 4 is 22.3 Å². The second-order valence-electron chi connectivity index (χ2n) is 7.93. The zero-order chi connectivity index (χ0) is 20.6. The summed E-state index contributed by atoms with van der Waals surface area (Å²) in [5.41, 5.74) is 2.62. The second kappa shape index (κ2) is 7.66. The lowest BCUT2D eigenvalue weighted by atomic mass is 10.1. The molecule has 148 valence electrons. The van der Waals surface area contributed by atoms with E-state index in [1.54, 1.807) is 17.7 Å². The summed E-state index contributed by atoms with van der Waals surface area (Å²) in [4.78, 5) is 22.5. The molecule has 2 atom stereocenters. The molecule has 2 heterocycles. The molecule has 7 heteroatoms. The number of fused-ring (bicyclic) bond motifs is 1. The van der Waals surface area contributed by atoms with Crippen molar-refractivity contribution in [1.82, 2.24) is 19.3 Å². The Morgan fingerprint density at radius 3 is 2.43 bits per heavy atom. The Balaban J connectivity index is 2.21. The van der Waals surface area contributed by atoms with Gasteiger partial charge in [-0.25, -0.2) is 4.98 Å². The molecule has 0 saturated carbocycles. The van der Waals surface area contributed by atoms with E-state index >= 15 is 0 Å². The van der Waals surface area contributed by atoms with Gasteiger partial charge in [0.2, 0.25) is 0 Å². The van der Waals surface area contributed by atoms with Gasteiger partial charge in [-0.1, -0.05) is 30.3 Å². The maximum Gasteiger partial charge on any atom is 0.261 e. The van der Waals surface area contributed by atoms with Crippen molar-refractivity contribution in [3.63, 3.8) is 0 Å². The number of nitrogens with zero attached hydrogens (tertiary/aromatic N) is 3. The molecule has 28 heavy (non-hydrogen) atoms. The van der Waals surface area contributed by atoms with Crippen LogP contribution in [0.15, 0.2) is 41.2 Å². The summed E-state index contributed by atoms with van der Waals surface area (Å²) in [7, 11) is 1.73. The number of hydrogen-bond acceptors (Lipinski definition) is 5. The second-order valence-corrected chi connectivity index (χ2v) is 9.93. The lowest BCUT2D eigenvalue weighted by Gasteiger charge is -2.26. The Morgan fingerprint density at radius 1 is 1.18 bits per heavy atom. The zero-order valence-corrected chi connectivity index (χ0v) is 17.9. The van der Waals surface area contributed by atoms with Gasteiger partial charge in [0.15, 0.2) is 0 Å². The van der Waals surface area contributed by atoms with E-state index in [0.717, 1.165) is 11.3 Å². The minimum Gasteiger partial charge on any atom is -0.598 e. The Bertz CT molecular complexity index is 1060. The van der Waals surface area contributed by atoms with Crippen LogP contribution in [0.1, 0.15) is 45.1 Å². The van der Waals surface area contributed by atoms with E-state index in [1.165, 1.54) is 0 Å². The van der Waals surface area contributed by atoms with Crippen molar-refractivity contribution in [2.24, 2.45) is 7.05 Å². The molecule has 3 rings (SSSR count). The highest BCUT2D eigenvalue weighted by Gasteiger charge is 2.30.